The highest BCUT2D eigenvalue weighted by molar-refractivity contribution is 8.15. The standard InChI is InChI=1S/C14H16F2N2O4S/c1-20-8-6-9(11(16)10(7-8)22-5-4-15)12(17)13(23-3)18-14(19)21-2/h6-7,17H,4-5H2,1-3H3. The third-order valence-electron chi connectivity index (χ3n) is 2.63. The zero-order valence-electron chi connectivity index (χ0n) is 12.8. The van der Waals surface area contributed by atoms with Crippen LogP contribution in [0.15, 0.2) is 17.1 Å². The number of thioether (sulfide) groups is 1. The van der Waals surface area contributed by atoms with Crippen LogP contribution in [0, 0.1) is 11.2 Å². The number of aliphatic imine (C=N–C) groups is 1. The van der Waals surface area contributed by atoms with E-state index < -0.39 is 18.6 Å². The van der Waals surface area contributed by atoms with Crippen LogP contribution in [0.3, 0.4) is 0 Å². The topological polar surface area (TPSA) is 81.0 Å². The number of carbonyl (C=O) groups is 1. The summed E-state index contributed by atoms with van der Waals surface area (Å²) in [7, 11) is 2.50. The average molecular weight is 346 g/mol. The Kier molecular flexibility index (Phi) is 7.46. The van der Waals surface area contributed by atoms with E-state index >= 15 is 0 Å². The van der Waals surface area contributed by atoms with Gasteiger partial charge in [0.05, 0.1) is 19.9 Å². The van der Waals surface area contributed by atoms with Crippen molar-refractivity contribution in [2.24, 2.45) is 4.99 Å². The lowest BCUT2D eigenvalue weighted by molar-refractivity contribution is 0.183. The minimum absolute atomic E-state index is 0.0413. The molecule has 0 aliphatic rings. The zero-order chi connectivity index (χ0) is 17.4. The van der Waals surface area contributed by atoms with Crippen LogP contribution in [-0.4, -0.2) is 50.6 Å². The van der Waals surface area contributed by atoms with Gasteiger partial charge in [-0.25, -0.2) is 13.6 Å². The van der Waals surface area contributed by atoms with Gasteiger partial charge < -0.3 is 14.2 Å². The molecule has 1 N–H and O–H groups in total. The lowest BCUT2D eigenvalue weighted by Crippen LogP contribution is -2.16. The lowest BCUT2D eigenvalue weighted by atomic mass is 10.1. The first kappa shape index (κ1) is 18.9. The smallest absolute Gasteiger partial charge is 0.434 e. The van der Waals surface area contributed by atoms with Gasteiger partial charge in [-0.1, -0.05) is 0 Å². The van der Waals surface area contributed by atoms with Crippen LogP contribution < -0.4 is 9.47 Å². The Hall–Kier alpha value is -2.16. The molecule has 0 aromatic heterocycles. The number of halogens is 2. The summed E-state index contributed by atoms with van der Waals surface area (Å²) in [4.78, 5) is 14.8. The number of nitrogens with one attached hydrogen (secondary N) is 1. The second-order valence-electron chi connectivity index (χ2n) is 3.99. The third-order valence-corrected chi connectivity index (χ3v) is 3.31. The van der Waals surface area contributed by atoms with Crippen LogP contribution in [0.2, 0.25) is 0 Å². The highest BCUT2D eigenvalue weighted by Gasteiger charge is 2.20. The number of methoxy groups -OCH3 is 2. The molecule has 6 nitrogen and oxygen atoms in total. The highest BCUT2D eigenvalue weighted by atomic mass is 32.2. The fourth-order valence-electron chi connectivity index (χ4n) is 1.57. The number of benzene rings is 1. The minimum Gasteiger partial charge on any atom is -0.497 e. The van der Waals surface area contributed by atoms with Gasteiger partial charge in [0.25, 0.3) is 0 Å². The molecule has 0 aliphatic heterocycles. The second-order valence-corrected chi connectivity index (χ2v) is 4.79. The fourth-order valence-corrected chi connectivity index (χ4v) is 2.05. The van der Waals surface area contributed by atoms with Gasteiger partial charge >= 0.3 is 6.09 Å². The van der Waals surface area contributed by atoms with Crippen molar-refractivity contribution < 1.29 is 27.8 Å². The van der Waals surface area contributed by atoms with Gasteiger partial charge in [-0.3, -0.25) is 5.41 Å². The van der Waals surface area contributed by atoms with Crippen molar-refractivity contribution in [2.45, 2.75) is 0 Å². The number of rotatable bonds is 6. The number of alkyl halides is 1. The molecule has 1 rings (SSSR count). The van der Waals surface area contributed by atoms with E-state index in [0.29, 0.717) is 0 Å². The molecular weight excluding hydrogens is 330 g/mol. The summed E-state index contributed by atoms with van der Waals surface area (Å²) in [6.07, 6.45) is 0.672. The Bertz CT molecular complexity index is 623. The summed E-state index contributed by atoms with van der Waals surface area (Å²) in [6, 6.07) is 2.51. The van der Waals surface area contributed by atoms with Gasteiger partial charge in [-0.2, -0.15) is 4.99 Å². The van der Waals surface area contributed by atoms with Crippen LogP contribution in [0.5, 0.6) is 11.5 Å². The average Bonchev–Trinajstić information content (AvgIpc) is 2.57. The Morgan fingerprint density at radius 1 is 1.39 bits per heavy atom. The molecule has 23 heavy (non-hydrogen) atoms. The van der Waals surface area contributed by atoms with Crippen LogP contribution in [0.4, 0.5) is 13.6 Å². The number of ether oxygens (including phenoxy) is 3. The maximum atomic E-state index is 14.5. The highest BCUT2D eigenvalue weighted by Crippen LogP contribution is 2.29. The molecule has 1 aromatic carbocycles. The molecular formula is C14H16F2N2O4S. The summed E-state index contributed by atoms with van der Waals surface area (Å²) in [5, 5.41) is 8.02. The molecule has 0 saturated carbocycles. The van der Waals surface area contributed by atoms with Gasteiger partial charge in [0, 0.05) is 11.6 Å². The molecule has 0 atom stereocenters. The number of hydrogen-bond acceptors (Lipinski definition) is 6. The molecule has 126 valence electrons. The Balaban J connectivity index is 3.31. The maximum absolute atomic E-state index is 14.5. The van der Waals surface area contributed by atoms with Crippen molar-refractivity contribution in [1.29, 1.82) is 5.41 Å². The number of carbonyl (C=O) groups excluding carboxylic acids is 1. The van der Waals surface area contributed by atoms with Gasteiger partial charge in [0.1, 0.15) is 24.1 Å². The van der Waals surface area contributed by atoms with Crippen molar-refractivity contribution >= 4 is 28.6 Å². The van der Waals surface area contributed by atoms with E-state index in [4.69, 9.17) is 14.9 Å². The minimum atomic E-state index is -0.906. The largest absolute Gasteiger partial charge is 0.497 e. The summed E-state index contributed by atoms with van der Waals surface area (Å²) in [5.41, 5.74) is -0.528. The molecule has 1 aromatic rings. The summed E-state index contributed by atoms with van der Waals surface area (Å²) in [6.45, 7) is -1.12. The Morgan fingerprint density at radius 2 is 2.09 bits per heavy atom. The monoisotopic (exact) mass is 346 g/mol. The van der Waals surface area contributed by atoms with E-state index in [1.54, 1.807) is 6.26 Å². The third kappa shape index (κ3) is 4.92. The molecule has 0 fully saturated rings. The van der Waals surface area contributed by atoms with E-state index in [1.807, 2.05) is 0 Å². The number of nitrogens with zero attached hydrogens (tertiary/aromatic N) is 1. The van der Waals surface area contributed by atoms with Crippen LogP contribution >= 0.6 is 11.8 Å². The molecule has 0 heterocycles. The zero-order valence-corrected chi connectivity index (χ0v) is 13.6. The quantitative estimate of drug-likeness (QED) is 0.632. The number of amides is 1. The summed E-state index contributed by atoms with van der Waals surface area (Å²) in [5.74, 6) is -0.894. The second kappa shape index (κ2) is 9.09. The van der Waals surface area contributed by atoms with Crippen LogP contribution in [-0.2, 0) is 4.74 Å². The van der Waals surface area contributed by atoms with Crippen molar-refractivity contribution in [3.63, 3.8) is 0 Å². The van der Waals surface area contributed by atoms with Crippen LogP contribution in [0.1, 0.15) is 5.56 Å². The molecule has 9 heteroatoms. The molecule has 0 aliphatic carbocycles. The summed E-state index contributed by atoms with van der Waals surface area (Å²) < 4.78 is 41.1. The Labute approximate surface area is 136 Å². The van der Waals surface area contributed by atoms with E-state index in [2.05, 4.69) is 9.73 Å². The molecule has 0 saturated heterocycles. The van der Waals surface area contributed by atoms with E-state index in [1.165, 1.54) is 19.2 Å². The van der Waals surface area contributed by atoms with Gasteiger partial charge in [-0.05, 0) is 12.3 Å². The SMILES string of the molecule is COC(=O)N=C(SC)C(=N)c1cc(OC)cc(OCCF)c1F. The fraction of sp³-hybridized carbons (Fsp3) is 0.357. The maximum Gasteiger partial charge on any atom is 0.434 e. The summed E-state index contributed by atoms with van der Waals surface area (Å²) >= 11 is 0.979. The van der Waals surface area contributed by atoms with Gasteiger partial charge in [-0.15, -0.1) is 11.8 Å². The lowest BCUT2D eigenvalue weighted by Gasteiger charge is -2.13. The predicted molar refractivity (Wildman–Crippen MR) is 84.6 cm³/mol. The van der Waals surface area contributed by atoms with Gasteiger partial charge in [0.2, 0.25) is 0 Å². The van der Waals surface area contributed by atoms with Crippen molar-refractivity contribution in [3.05, 3.63) is 23.5 Å². The van der Waals surface area contributed by atoms with Crippen LogP contribution in [0.25, 0.3) is 0 Å². The molecule has 0 unspecified atom stereocenters. The number of hydrogen-bond donors (Lipinski definition) is 1. The van der Waals surface area contributed by atoms with Crippen molar-refractivity contribution in [3.8, 4) is 11.5 Å². The van der Waals surface area contributed by atoms with Gasteiger partial charge in [0.15, 0.2) is 11.6 Å². The van der Waals surface area contributed by atoms with Crippen molar-refractivity contribution in [2.75, 3.05) is 33.8 Å². The Morgan fingerprint density at radius 3 is 2.61 bits per heavy atom. The van der Waals surface area contributed by atoms with E-state index in [-0.39, 0.29) is 34.4 Å². The first-order chi connectivity index (χ1) is 11.0. The first-order valence-electron chi connectivity index (χ1n) is 6.34. The normalized spacial score (nSPS) is 11.1. The molecule has 0 spiro atoms. The molecule has 0 bridgehead atoms. The van der Waals surface area contributed by atoms with Crippen molar-refractivity contribution in [1.82, 2.24) is 0 Å². The molecule has 1 amide bonds. The first-order valence-corrected chi connectivity index (χ1v) is 7.57. The molecule has 0 radical (unpaired) electrons. The predicted octanol–water partition coefficient (Wildman–Crippen LogP) is 3.08. The van der Waals surface area contributed by atoms with E-state index in [0.717, 1.165) is 18.9 Å². The van der Waals surface area contributed by atoms with E-state index in [9.17, 15) is 13.6 Å².